The van der Waals surface area contributed by atoms with E-state index in [1.807, 2.05) is 12.1 Å². The zero-order valence-corrected chi connectivity index (χ0v) is 11.8. The molecule has 2 atom stereocenters. The van der Waals surface area contributed by atoms with E-state index in [0.717, 1.165) is 12.2 Å². The zero-order valence-electron chi connectivity index (χ0n) is 11.8. The van der Waals surface area contributed by atoms with Gasteiger partial charge >= 0.3 is 0 Å². The molecule has 4 heteroatoms. The maximum atomic E-state index is 9.38. The van der Waals surface area contributed by atoms with Crippen LogP contribution in [0, 0.1) is 0 Å². The molecule has 19 heavy (non-hydrogen) atoms. The molecule has 0 radical (unpaired) electrons. The second kappa shape index (κ2) is 7.08. The van der Waals surface area contributed by atoms with E-state index in [9.17, 15) is 5.11 Å². The minimum Gasteiger partial charge on any atom is -0.468 e. The van der Waals surface area contributed by atoms with Crippen LogP contribution in [0.5, 0.6) is 0 Å². The molecule has 0 aliphatic heterocycles. The van der Waals surface area contributed by atoms with Crippen LogP contribution in [0.1, 0.15) is 50.8 Å². The molecule has 0 spiro atoms. The summed E-state index contributed by atoms with van der Waals surface area (Å²) in [4.78, 5) is 2.36. The summed E-state index contributed by atoms with van der Waals surface area (Å²) in [7, 11) is 0. The zero-order chi connectivity index (χ0) is 13.7. The molecule has 0 aromatic carbocycles. The SMILES string of the molecule is CCC(N)C(c1ccco1)N(CCO)C1CCCC1. The van der Waals surface area contributed by atoms with E-state index in [4.69, 9.17) is 10.2 Å². The number of aliphatic hydroxyl groups excluding tert-OH is 1. The summed E-state index contributed by atoms with van der Waals surface area (Å²) in [5, 5.41) is 9.38. The fraction of sp³-hybridized carbons (Fsp3) is 0.733. The summed E-state index contributed by atoms with van der Waals surface area (Å²) < 4.78 is 5.60. The number of nitrogens with two attached hydrogens (primary N) is 1. The molecule has 1 aliphatic rings. The molecule has 1 saturated carbocycles. The largest absolute Gasteiger partial charge is 0.468 e. The third-order valence-electron chi connectivity index (χ3n) is 4.22. The van der Waals surface area contributed by atoms with Crippen molar-refractivity contribution < 1.29 is 9.52 Å². The Kier molecular flexibility index (Phi) is 5.43. The van der Waals surface area contributed by atoms with Gasteiger partial charge in [0, 0.05) is 18.6 Å². The van der Waals surface area contributed by atoms with Gasteiger partial charge in [0.1, 0.15) is 5.76 Å². The van der Waals surface area contributed by atoms with Gasteiger partial charge in [-0.05, 0) is 31.4 Å². The summed E-state index contributed by atoms with van der Waals surface area (Å²) in [6.07, 6.45) is 7.56. The second-order valence-corrected chi connectivity index (χ2v) is 5.43. The Labute approximate surface area is 115 Å². The third kappa shape index (κ3) is 3.38. The van der Waals surface area contributed by atoms with Crippen molar-refractivity contribution in [3.63, 3.8) is 0 Å². The highest BCUT2D eigenvalue weighted by Crippen LogP contribution is 2.33. The van der Waals surface area contributed by atoms with E-state index in [0.29, 0.717) is 12.6 Å². The van der Waals surface area contributed by atoms with Crippen molar-refractivity contribution in [2.75, 3.05) is 13.2 Å². The van der Waals surface area contributed by atoms with Gasteiger partial charge in [-0.1, -0.05) is 19.8 Å². The van der Waals surface area contributed by atoms with E-state index >= 15 is 0 Å². The predicted molar refractivity (Wildman–Crippen MR) is 75.8 cm³/mol. The van der Waals surface area contributed by atoms with E-state index < -0.39 is 0 Å². The lowest BCUT2D eigenvalue weighted by Crippen LogP contribution is -2.46. The maximum Gasteiger partial charge on any atom is 0.122 e. The predicted octanol–water partition coefficient (Wildman–Crippen LogP) is 2.29. The summed E-state index contributed by atoms with van der Waals surface area (Å²) in [6.45, 7) is 2.94. The third-order valence-corrected chi connectivity index (χ3v) is 4.22. The lowest BCUT2D eigenvalue weighted by Gasteiger charge is -2.37. The van der Waals surface area contributed by atoms with Crippen molar-refractivity contribution in [1.29, 1.82) is 0 Å². The van der Waals surface area contributed by atoms with Crippen LogP contribution in [-0.2, 0) is 0 Å². The first-order valence-corrected chi connectivity index (χ1v) is 7.43. The number of hydrogen-bond donors (Lipinski definition) is 2. The van der Waals surface area contributed by atoms with Gasteiger partial charge in [-0.25, -0.2) is 0 Å². The molecule has 2 rings (SSSR count). The van der Waals surface area contributed by atoms with Gasteiger partial charge in [-0.3, -0.25) is 4.90 Å². The molecule has 0 amide bonds. The number of hydrogen-bond acceptors (Lipinski definition) is 4. The van der Waals surface area contributed by atoms with E-state index in [2.05, 4.69) is 11.8 Å². The van der Waals surface area contributed by atoms with Crippen molar-refractivity contribution in [3.8, 4) is 0 Å². The molecule has 2 unspecified atom stereocenters. The quantitative estimate of drug-likeness (QED) is 0.795. The van der Waals surface area contributed by atoms with E-state index in [-0.39, 0.29) is 18.7 Å². The number of furan rings is 1. The van der Waals surface area contributed by atoms with Crippen LogP contribution in [0.2, 0.25) is 0 Å². The van der Waals surface area contributed by atoms with Gasteiger partial charge in [0.2, 0.25) is 0 Å². The van der Waals surface area contributed by atoms with Crippen molar-refractivity contribution in [2.24, 2.45) is 5.73 Å². The molecule has 108 valence electrons. The lowest BCUT2D eigenvalue weighted by atomic mass is 9.99. The van der Waals surface area contributed by atoms with Crippen molar-refractivity contribution >= 4 is 0 Å². The van der Waals surface area contributed by atoms with Crippen LogP contribution >= 0.6 is 0 Å². The molecular formula is C15H26N2O2. The molecule has 0 bridgehead atoms. The van der Waals surface area contributed by atoms with Crippen LogP contribution in [0.3, 0.4) is 0 Å². The number of nitrogens with zero attached hydrogens (tertiary/aromatic N) is 1. The second-order valence-electron chi connectivity index (χ2n) is 5.43. The van der Waals surface area contributed by atoms with Gasteiger partial charge in [0.15, 0.2) is 0 Å². The highest BCUT2D eigenvalue weighted by Gasteiger charge is 2.33. The monoisotopic (exact) mass is 266 g/mol. The van der Waals surface area contributed by atoms with Crippen molar-refractivity contribution in [1.82, 2.24) is 4.90 Å². The lowest BCUT2D eigenvalue weighted by molar-refractivity contribution is 0.0761. The Morgan fingerprint density at radius 2 is 2.21 bits per heavy atom. The molecule has 0 saturated heterocycles. The van der Waals surface area contributed by atoms with Gasteiger partial charge in [0.05, 0.1) is 18.9 Å². The molecule has 3 N–H and O–H groups in total. The van der Waals surface area contributed by atoms with Gasteiger partial charge in [-0.15, -0.1) is 0 Å². The van der Waals surface area contributed by atoms with E-state index in [1.54, 1.807) is 6.26 Å². The highest BCUT2D eigenvalue weighted by molar-refractivity contribution is 5.09. The normalized spacial score (nSPS) is 20.0. The Balaban J connectivity index is 2.21. The van der Waals surface area contributed by atoms with Crippen LogP contribution in [0.15, 0.2) is 22.8 Å². The average molecular weight is 266 g/mol. The van der Waals surface area contributed by atoms with Crippen LogP contribution in [0.4, 0.5) is 0 Å². The Hall–Kier alpha value is -0.840. The van der Waals surface area contributed by atoms with Crippen molar-refractivity contribution in [3.05, 3.63) is 24.2 Å². The van der Waals surface area contributed by atoms with Crippen LogP contribution in [0.25, 0.3) is 0 Å². The average Bonchev–Trinajstić information content (AvgIpc) is 3.10. The van der Waals surface area contributed by atoms with Gasteiger partial charge < -0.3 is 15.3 Å². The topological polar surface area (TPSA) is 62.6 Å². The standard InChI is InChI=1S/C15H26N2O2/c1-2-13(16)15(14-8-5-11-19-14)17(9-10-18)12-6-3-4-7-12/h5,8,11-13,15,18H,2-4,6-7,9-10,16H2,1H3. The van der Waals surface area contributed by atoms with Gasteiger partial charge in [-0.2, -0.15) is 0 Å². The molecule has 1 fully saturated rings. The minimum atomic E-state index is 0.0401. The Bertz CT molecular complexity index is 347. The Morgan fingerprint density at radius 1 is 1.47 bits per heavy atom. The van der Waals surface area contributed by atoms with E-state index in [1.165, 1.54) is 25.7 Å². The first-order chi connectivity index (χ1) is 9.27. The molecule has 1 aromatic rings. The summed E-state index contributed by atoms with van der Waals surface area (Å²) in [5.41, 5.74) is 6.32. The van der Waals surface area contributed by atoms with Gasteiger partial charge in [0.25, 0.3) is 0 Å². The minimum absolute atomic E-state index is 0.0401. The molecule has 1 aliphatic carbocycles. The number of aliphatic hydroxyl groups is 1. The Morgan fingerprint density at radius 3 is 2.74 bits per heavy atom. The highest BCUT2D eigenvalue weighted by atomic mass is 16.3. The van der Waals surface area contributed by atoms with Crippen molar-refractivity contribution in [2.45, 2.75) is 57.2 Å². The fourth-order valence-corrected chi connectivity index (χ4v) is 3.20. The number of rotatable bonds is 7. The molecule has 4 nitrogen and oxygen atoms in total. The summed E-state index contributed by atoms with van der Waals surface area (Å²) >= 11 is 0. The summed E-state index contributed by atoms with van der Waals surface area (Å²) in [5.74, 6) is 0.926. The van der Waals surface area contributed by atoms with Crippen LogP contribution < -0.4 is 5.73 Å². The summed E-state index contributed by atoms with van der Waals surface area (Å²) in [6, 6.07) is 4.56. The molecular weight excluding hydrogens is 240 g/mol. The first kappa shape index (κ1) is 14.6. The molecule has 1 aromatic heterocycles. The fourth-order valence-electron chi connectivity index (χ4n) is 3.20. The smallest absolute Gasteiger partial charge is 0.122 e. The first-order valence-electron chi connectivity index (χ1n) is 7.43. The van der Waals surface area contributed by atoms with Crippen LogP contribution in [-0.4, -0.2) is 35.2 Å². The molecule has 1 heterocycles. The maximum absolute atomic E-state index is 9.38.